The van der Waals surface area contributed by atoms with Crippen molar-refractivity contribution in [1.82, 2.24) is 5.32 Å². The summed E-state index contributed by atoms with van der Waals surface area (Å²) in [7, 11) is -0.800. The number of hydrogen-bond donors (Lipinski definition) is 2. The first-order chi connectivity index (χ1) is 6.77. The highest BCUT2D eigenvalue weighted by Gasteiger charge is 2.26. The second kappa shape index (κ2) is 6.23. The average molecular weight is 235 g/mol. The van der Waals surface area contributed by atoms with Gasteiger partial charge in [-0.25, -0.2) is 0 Å². The van der Waals surface area contributed by atoms with Crippen LogP contribution in [0.15, 0.2) is 0 Å². The van der Waals surface area contributed by atoms with Crippen molar-refractivity contribution in [2.45, 2.75) is 32.4 Å². The van der Waals surface area contributed by atoms with Gasteiger partial charge in [0.2, 0.25) is 0 Å². The van der Waals surface area contributed by atoms with Crippen LogP contribution in [-0.2, 0) is 15.6 Å². The molecule has 0 aliphatic heterocycles. The summed E-state index contributed by atoms with van der Waals surface area (Å²) in [5, 5.41) is 12.1. The molecule has 0 radical (unpaired) electrons. The lowest BCUT2D eigenvalue weighted by atomic mass is 9.94. The van der Waals surface area contributed by atoms with Gasteiger partial charge in [0.1, 0.15) is 0 Å². The van der Waals surface area contributed by atoms with Gasteiger partial charge in [-0.1, -0.05) is 6.92 Å². The van der Waals surface area contributed by atoms with Gasteiger partial charge in [0.15, 0.2) is 0 Å². The molecule has 0 amide bonds. The minimum absolute atomic E-state index is 0.158. The van der Waals surface area contributed by atoms with E-state index >= 15 is 0 Å². The van der Waals surface area contributed by atoms with E-state index in [1.165, 1.54) is 0 Å². The monoisotopic (exact) mass is 235 g/mol. The molecule has 0 saturated carbocycles. The molecule has 0 fully saturated rings. The Morgan fingerprint density at radius 3 is 2.47 bits per heavy atom. The standard InChI is InChI=1S/C10H21NO3S/c1-8(15(4)14)5-6-11-7-10(2,3)9(12)13/h8,11H,5-7H2,1-4H3,(H,12,13). The van der Waals surface area contributed by atoms with Crippen molar-refractivity contribution in [3.8, 4) is 0 Å². The van der Waals surface area contributed by atoms with Gasteiger partial charge in [0, 0.05) is 28.9 Å². The van der Waals surface area contributed by atoms with Gasteiger partial charge >= 0.3 is 5.97 Å². The van der Waals surface area contributed by atoms with Crippen LogP contribution in [0.1, 0.15) is 27.2 Å². The molecule has 90 valence electrons. The Kier molecular flexibility index (Phi) is 6.05. The highest BCUT2D eigenvalue weighted by Crippen LogP contribution is 2.13. The van der Waals surface area contributed by atoms with Crippen LogP contribution in [0, 0.1) is 5.41 Å². The molecule has 0 rings (SSSR count). The maximum atomic E-state index is 11.0. The topological polar surface area (TPSA) is 66.4 Å². The summed E-state index contributed by atoms with van der Waals surface area (Å²) in [4.78, 5) is 10.8. The molecule has 2 unspecified atom stereocenters. The largest absolute Gasteiger partial charge is 0.481 e. The maximum absolute atomic E-state index is 11.0. The van der Waals surface area contributed by atoms with E-state index < -0.39 is 22.2 Å². The number of nitrogens with one attached hydrogen (secondary N) is 1. The highest BCUT2D eigenvalue weighted by atomic mass is 32.2. The Morgan fingerprint density at radius 1 is 1.53 bits per heavy atom. The van der Waals surface area contributed by atoms with Crippen molar-refractivity contribution >= 4 is 16.8 Å². The van der Waals surface area contributed by atoms with E-state index in [4.69, 9.17) is 5.11 Å². The third kappa shape index (κ3) is 5.89. The van der Waals surface area contributed by atoms with Gasteiger partial charge in [0.05, 0.1) is 5.41 Å². The fraction of sp³-hybridized carbons (Fsp3) is 0.900. The van der Waals surface area contributed by atoms with Crippen LogP contribution in [0.3, 0.4) is 0 Å². The number of carboxylic acid groups (broad SMARTS) is 1. The molecule has 0 bridgehead atoms. The molecule has 0 aromatic rings. The number of carbonyl (C=O) groups is 1. The Morgan fingerprint density at radius 2 is 2.07 bits per heavy atom. The first-order valence-corrected chi connectivity index (χ1v) is 6.66. The molecule has 4 nitrogen and oxygen atoms in total. The van der Waals surface area contributed by atoms with Crippen molar-refractivity contribution < 1.29 is 14.1 Å². The van der Waals surface area contributed by atoms with E-state index in [1.54, 1.807) is 20.1 Å². The van der Waals surface area contributed by atoms with Crippen LogP contribution < -0.4 is 5.32 Å². The summed E-state index contributed by atoms with van der Waals surface area (Å²) in [6, 6.07) is 0. The molecule has 0 aromatic carbocycles. The second-order valence-corrected chi connectivity index (χ2v) is 6.27. The van der Waals surface area contributed by atoms with Gasteiger partial charge in [-0.15, -0.1) is 0 Å². The van der Waals surface area contributed by atoms with E-state index in [2.05, 4.69) is 5.32 Å². The Balaban J connectivity index is 3.72. The van der Waals surface area contributed by atoms with Crippen molar-refractivity contribution in [2.75, 3.05) is 19.3 Å². The van der Waals surface area contributed by atoms with Crippen molar-refractivity contribution in [2.24, 2.45) is 5.41 Å². The number of aliphatic carboxylic acids is 1. The fourth-order valence-corrected chi connectivity index (χ4v) is 1.40. The van der Waals surface area contributed by atoms with Crippen molar-refractivity contribution in [3.05, 3.63) is 0 Å². The minimum Gasteiger partial charge on any atom is -0.481 e. The SMILES string of the molecule is CC(CCNCC(C)(C)C(=O)O)S(C)=O. The quantitative estimate of drug-likeness (QED) is 0.642. The van der Waals surface area contributed by atoms with Crippen LogP contribution in [0.2, 0.25) is 0 Å². The van der Waals surface area contributed by atoms with E-state index in [0.717, 1.165) is 6.42 Å². The lowest BCUT2D eigenvalue weighted by Crippen LogP contribution is -2.37. The predicted molar refractivity (Wildman–Crippen MR) is 62.4 cm³/mol. The van der Waals surface area contributed by atoms with Crippen LogP contribution >= 0.6 is 0 Å². The third-order valence-corrected chi connectivity index (χ3v) is 3.81. The van der Waals surface area contributed by atoms with Gasteiger partial charge in [-0.2, -0.15) is 0 Å². The van der Waals surface area contributed by atoms with E-state index in [9.17, 15) is 9.00 Å². The van der Waals surface area contributed by atoms with Gasteiger partial charge < -0.3 is 10.4 Å². The summed E-state index contributed by atoms with van der Waals surface area (Å²) < 4.78 is 11.0. The molecule has 15 heavy (non-hydrogen) atoms. The Bertz CT molecular complexity index is 241. The average Bonchev–Trinajstić information content (AvgIpc) is 2.11. The minimum atomic E-state index is -0.804. The van der Waals surface area contributed by atoms with Crippen molar-refractivity contribution in [3.63, 3.8) is 0 Å². The van der Waals surface area contributed by atoms with Crippen LogP contribution in [0.5, 0.6) is 0 Å². The first-order valence-electron chi connectivity index (χ1n) is 5.03. The van der Waals surface area contributed by atoms with Crippen LogP contribution in [0.25, 0.3) is 0 Å². The van der Waals surface area contributed by atoms with Gasteiger partial charge in [-0.3, -0.25) is 9.00 Å². The molecule has 0 saturated heterocycles. The molecule has 0 aliphatic carbocycles. The second-order valence-electron chi connectivity index (χ2n) is 4.46. The number of hydrogen-bond acceptors (Lipinski definition) is 3. The molecule has 0 aliphatic rings. The fourth-order valence-electron chi connectivity index (χ4n) is 0.948. The summed E-state index contributed by atoms with van der Waals surface area (Å²) in [5.41, 5.74) is -0.741. The van der Waals surface area contributed by atoms with Gasteiger partial charge in [0.25, 0.3) is 0 Å². The predicted octanol–water partition coefficient (Wildman–Crippen LogP) is 0.844. The van der Waals surface area contributed by atoms with Gasteiger partial charge in [-0.05, 0) is 26.8 Å². The normalized spacial score (nSPS) is 16.0. The summed E-state index contributed by atoms with van der Waals surface area (Å²) in [6.45, 7) is 6.44. The lowest BCUT2D eigenvalue weighted by molar-refractivity contribution is -0.146. The van der Waals surface area contributed by atoms with Crippen LogP contribution in [-0.4, -0.2) is 39.9 Å². The number of rotatable bonds is 7. The van der Waals surface area contributed by atoms with E-state index in [-0.39, 0.29) is 5.25 Å². The molecule has 2 atom stereocenters. The molecule has 0 heterocycles. The zero-order chi connectivity index (χ0) is 12.1. The van der Waals surface area contributed by atoms with E-state index in [0.29, 0.717) is 13.1 Å². The molecule has 0 spiro atoms. The number of carboxylic acids is 1. The van der Waals surface area contributed by atoms with Crippen LogP contribution in [0.4, 0.5) is 0 Å². The summed E-state index contributed by atoms with van der Waals surface area (Å²) in [6.07, 6.45) is 2.49. The summed E-state index contributed by atoms with van der Waals surface area (Å²) in [5.74, 6) is -0.804. The zero-order valence-electron chi connectivity index (χ0n) is 9.87. The molecule has 0 aromatic heterocycles. The Labute approximate surface area is 93.9 Å². The molecule has 5 heteroatoms. The molecule has 2 N–H and O–H groups in total. The summed E-state index contributed by atoms with van der Waals surface area (Å²) >= 11 is 0. The molecular weight excluding hydrogens is 214 g/mol. The maximum Gasteiger partial charge on any atom is 0.310 e. The molecular formula is C10H21NO3S. The van der Waals surface area contributed by atoms with Crippen molar-refractivity contribution in [1.29, 1.82) is 0 Å². The van der Waals surface area contributed by atoms with E-state index in [1.807, 2.05) is 6.92 Å². The first kappa shape index (κ1) is 14.6. The zero-order valence-corrected chi connectivity index (χ0v) is 10.7. The third-order valence-electron chi connectivity index (χ3n) is 2.44. The Hall–Kier alpha value is -0.420. The smallest absolute Gasteiger partial charge is 0.310 e. The lowest BCUT2D eigenvalue weighted by Gasteiger charge is -2.20. The highest BCUT2D eigenvalue weighted by molar-refractivity contribution is 7.84.